The van der Waals surface area contributed by atoms with E-state index in [9.17, 15) is 8.42 Å². The van der Waals surface area contributed by atoms with Crippen molar-refractivity contribution in [3.63, 3.8) is 0 Å². The number of methoxy groups -OCH3 is 1. The van der Waals surface area contributed by atoms with Crippen LogP contribution in [0.15, 0.2) is 11.0 Å². The van der Waals surface area contributed by atoms with E-state index in [-0.39, 0.29) is 4.90 Å². The van der Waals surface area contributed by atoms with Gasteiger partial charge in [0.05, 0.1) is 18.0 Å². The predicted molar refractivity (Wildman–Crippen MR) is 87.1 cm³/mol. The number of hydrogen-bond donors (Lipinski definition) is 2. The summed E-state index contributed by atoms with van der Waals surface area (Å²) in [6.45, 7) is 8.85. The highest BCUT2D eigenvalue weighted by Gasteiger charge is 2.26. The standard InChI is InChI=1S/C15H22N4O3S/c1-8-7-13(22-6)9(2)10(3)14(8)23(20,21)19-11(4)15-16-12(5)17-18-15/h7,11,19H,1-6H3,(H,16,17,18). The fraction of sp³-hybridized carbons (Fsp3) is 0.467. The Bertz CT molecular complexity index is 827. The Hall–Kier alpha value is -1.93. The van der Waals surface area contributed by atoms with Crippen molar-refractivity contribution in [2.75, 3.05) is 7.11 Å². The van der Waals surface area contributed by atoms with Gasteiger partial charge in [-0.15, -0.1) is 0 Å². The van der Waals surface area contributed by atoms with Crippen LogP contribution in [-0.2, 0) is 10.0 Å². The number of nitrogens with one attached hydrogen (secondary N) is 2. The van der Waals surface area contributed by atoms with Gasteiger partial charge in [0, 0.05) is 0 Å². The van der Waals surface area contributed by atoms with Crippen LogP contribution in [0.5, 0.6) is 5.75 Å². The van der Waals surface area contributed by atoms with Crippen LogP contribution in [-0.4, -0.2) is 30.7 Å². The first-order valence-corrected chi connectivity index (χ1v) is 8.71. The minimum absolute atomic E-state index is 0.273. The van der Waals surface area contributed by atoms with Crippen LogP contribution in [0.4, 0.5) is 0 Å². The molecule has 7 nitrogen and oxygen atoms in total. The average Bonchev–Trinajstić information content (AvgIpc) is 2.89. The van der Waals surface area contributed by atoms with Gasteiger partial charge in [-0.1, -0.05) is 0 Å². The molecule has 0 fully saturated rings. The van der Waals surface area contributed by atoms with Gasteiger partial charge in [-0.05, 0) is 57.4 Å². The third-order valence-electron chi connectivity index (χ3n) is 3.80. The van der Waals surface area contributed by atoms with Gasteiger partial charge in [0.25, 0.3) is 0 Å². The molecule has 0 aliphatic carbocycles. The van der Waals surface area contributed by atoms with Gasteiger partial charge in [0.2, 0.25) is 10.0 Å². The fourth-order valence-electron chi connectivity index (χ4n) is 2.54. The second-order valence-electron chi connectivity index (χ2n) is 5.60. The Morgan fingerprint density at radius 3 is 2.39 bits per heavy atom. The molecule has 2 rings (SSSR count). The molecule has 126 valence electrons. The Morgan fingerprint density at radius 1 is 1.22 bits per heavy atom. The Balaban J connectivity index is 2.42. The van der Waals surface area contributed by atoms with Crippen molar-refractivity contribution < 1.29 is 13.2 Å². The van der Waals surface area contributed by atoms with Gasteiger partial charge in [-0.25, -0.2) is 18.1 Å². The Kier molecular flexibility index (Phi) is 4.76. The summed E-state index contributed by atoms with van der Waals surface area (Å²) in [5.41, 5.74) is 2.11. The van der Waals surface area contributed by atoms with Gasteiger partial charge in [0.1, 0.15) is 11.6 Å². The van der Waals surface area contributed by atoms with Crippen molar-refractivity contribution in [2.24, 2.45) is 0 Å². The van der Waals surface area contributed by atoms with Gasteiger partial charge < -0.3 is 4.74 Å². The number of hydrogen-bond acceptors (Lipinski definition) is 5. The molecule has 1 aromatic heterocycles. The molecule has 23 heavy (non-hydrogen) atoms. The number of H-pyrrole nitrogens is 1. The lowest BCUT2D eigenvalue weighted by molar-refractivity contribution is 0.410. The molecule has 0 amide bonds. The van der Waals surface area contributed by atoms with Gasteiger partial charge in [0.15, 0.2) is 5.82 Å². The number of nitrogens with zero attached hydrogens (tertiary/aromatic N) is 2. The van der Waals surface area contributed by atoms with Crippen molar-refractivity contribution in [1.29, 1.82) is 0 Å². The molecule has 1 atom stereocenters. The van der Waals surface area contributed by atoms with Crippen LogP contribution in [0.3, 0.4) is 0 Å². The fourth-order valence-corrected chi connectivity index (χ4v) is 4.27. The molecule has 0 aliphatic rings. The van der Waals surface area contributed by atoms with E-state index in [0.29, 0.717) is 28.5 Å². The zero-order chi connectivity index (χ0) is 17.4. The molecular formula is C15H22N4O3S. The number of ether oxygens (including phenoxy) is 1. The molecule has 1 heterocycles. The first-order chi connectivity index (χ1) is 10.7. The molecule has 0 saturated carbocycles. The van der Waals surface area contributed by atoms with Crippen LogP contribution < -0.4 is 9.46 Å². The summed E-state index contributed by atoms with van der Waals surface area (Å²) in [5, 5.41) is 6.71. The quantitative estimate of drug-likeness (QED) is 0.870. The summed E-state index contributed by atoms with van der Waals surface area (Å²) in [6, 6.07) is 1.20. The molecule has 0 aliphatic heterocycles. The van der Waals surface area contributed by atoms with Crippen molar-refractivity contribution >= 4 is 10.0 Å². The minimum atomic E-state index is -3.71. The second-order valence-corrected chi connectivity index (χ2v) is 7.25. The SMILES string of the molecule is COc1cc(C)c(S(=O)(=O)NC(C)c2n[nH]c(C)n2)c(C)c1C. The number of aromatic amines is 1. The first kappa shape index (κ1) is 17.4. The molecule has 1 unspecified atom stereocenters. The number of aryl methyl sites for hydroxylation is 2. The van der Waals surface area contributed by atoms with Crippen LogP contribution in [0.25, 0.3) is 0 Å². The van der Waals surface area contributed by atoms with Crippen molar-refractivity contribution in [1.82, 2.24) is 19.9 Å². The maximum Gasteiger partial charge on any atom is 0.241 e. The molecule has 2 N–H and O–H groups in total. The summed E-state index contributed by atoms with van der Waals surface area (Å²) in [6.07, 6.45) is 0. The summed E-state index contributed by atoms with van der Waals surface area (Å²) >= 11 is 0. The zero-order valence-electron chi connectivity index (χ0n) is 14.2. The molecule has 0 radical (unpaired) electrons. The van der Waals surface area contributed by atoms with E-state index in [2.05, 4.69) is 19.9 Å². The summed E-state index contributed by atoms with van der Waals surface area (Å²) < 4.78 is 33.5. The van der Waals surface area contributed by atoms with Gasteiger partial charge >= 0.3 is 0 Å². The molecule has 0 spiro atoms. The summed E-state index contributed by atoms with van der Waals surface area (Å²) in [7, 11) is -2.14. The maximum atomic E-state index is 12.8. The van der Waals surface area contributed by atoms with E-state index in [0.717, 1.165) is 5.56 Å². The van der Waals surface area contributed by atoms with Crippen molar-refractivity contribution in [3.05, 3.63) is 34.4 Å². The average molecular weight is 338 g/mol. The summed E-state index contributed by atoms with van der Waals surface area (Å²) in [4.78, 5) is 4.44. The smallest absolute Gasteiger partial charge is 0.241 e. The highest BCUT2D eigenvalue weighted by Crippen LogP contribution is 2.31. The Morgan fingerprint density at radius 2 is 1.87 bits per heavy atom. The third kappa shape index (κ3) is 3.37. The molecule has 2 aromatic rings. The van der Waals surface area contributed by atoms with Crippen LogP contribution in [0, 0.1) is 27.7 Å². The van der Waals surface area contributed by atoms with Gasteiger partial charge in [-0.2, -0.15) is 5.10 Å². The summed E-state index contributed by atoms with van der Waals surface area (Å²) in [5.74, 6) is 1.72. The topological polar surface area (TPSA) is 97.0 Å². The van der Waals surface area contributed by atoms with Crippen molar-refractivity contribution in [3.8, 4) is 5.75 Å². The highest BCUT2D eigenvalue weighted by molar-refractivity contribution is 7.89. The lowest BCUT2D eigenvalue weighted by Crippen LogP contribution is -2.29. The number of aromatic nitrogens is 3. The number of rotatable bonds is 5. The zero-order valence-corrected chi connectivity index (χ0v) is 15.0. The number of sulfonamides is 1. The van der Waals surface area contributed by atoms with Gasteiger partial charge in [-0.3, -0.25) is 5.10 Å². The van der Waals surface area contributed by atoms with E-state index in [1.807, 2.05) is 6.92 Å². The molecule has 8 heteroatoms. The lowest BCUT2D eigenvalue weighted by atomic mass is 10.1. The van der Waals surface area contributed by atoms with E-state index < -0.39 is 16.1 Å². The van der Waals surface area contributed by atoms with Crippen LogP contribution in [0.2, 0.25) is 0 Å². The lowest BCUT2D eigenvalue weighted by Gasteiger charge is -2.18. The molecular weight excluding hydrogens is 316 g/mol. The van der Waals surface area contributed by atoms with E-state index in [1.165, 1.54) is 0 Å². The largest absolute Gasteiger partial charge is 0.496 e. The van der Waals surface area contributed by atoms with Crippen molar-refractivity contribution in [2.45, 2.75) is 45.6 Å². The molecule has 1 aromatic carbocycles. The van der Waals surface area contributed by atoms with E-state index in [1.54, 1.807) is 40.9 Å². The Labute approximate surface area is 136 Å². The maximum absolute atomic E-state index is 12.8. The number of benzene rings is 1. The molecule has 0 saturated heterocycles. The monoisotopic (exact) mass is 338 g/mol. The normalized spacial score (nSPS) is 13.1. The van der Waals surface area contributed by atoms with E-state index in [4.69, 9.17) is 4.74 Å². The first-order valence-electron chi connectivity index (χ1n) is 7.23. The van der Waals surface area contributed by atoms with Crippen LogP contribution in [0.1, 0.15) is 41.3 Å². The van der Waals surface area contributed by atoms with E-state index >= 15 is 0 Å². The second kappa shape index (κ2) is 6.29. The van der Waals surface area contributed by atoms with Crippen LogP contribution >= 0.6 is 0 Å². The molecule has 0 bridgehead atoms. The predicted octanol–water partition coefficient (Wildman–Crippen LogP) is 2.09. The third-order valence-corrected chi connectivity index (χ3v) is 5.63. The minimum Gasteiger partial charge on any atom is -0.496 e. The highest BCUT2D eigenvalue weighted by atomic mass is 32.2.